The van der Waals surface area contributed by atoms with E-state index in [4.69, 9.17) is 9.47 Å². The average molecular weight is 277 g/mol. The predicted molar refractivity (Wildman–Crippen MR) is 78.4 cm³/mol. The van der Waals surface area contributed by atoms with Crippen LogP contribution in [0.15, 0.2) is 18.2 Å². The summed E-state index contributed by atoms with van der Waals surface area (Å²) in [5.41, 5.74) is 1.73. The quantitative estimate of drug-likeness (QED) is 0.900. The number of nitrogens with one attached hydrogen (secondary N) is 1. The van der Waals surface area contributed by atoms with Crippen LogP contribution in [-0.2, 0) is 4.74 Å². The summed E-state index contributed by atoms with van der Waals surface area (Å²) in [6.07, 6.45) is 2.24. The first-order valence-corrected chi connectivity index (χ1v) is 7.19. The van der Waals surface area contributed by atoms with Crippen molar-refractivity contribution in [1.82, 2.24) is 5.32 Å². The van der Waals surface area contributed by atoms with E-state index in [1.54, 1.807) is 7.11 Å². The Kier molecular flexibility index (Phi) is 5.01. The molecule has 4 heteroatoms. The number of hydrogen-bond donors (Lipinski definition) is 1. The van der Waals surface area contributed by atoms with Crippen molar-refractivity contribution in [2.24, 2.45) is 0 Å². The molecule has 110 valence electrons. The van der Waals surface area contributed by atoms with E-state index in [-0.39, 0.29) is 12.0 Å². The van der Waals surface area contributed by atoms with Crippen LogP contribution in [0.3, 0.4) is 0 Å². The van der Waals surface area contributed by atoms with Crippen LogP contribution in [-0.4, -0.2) is 32.3 Å². The highest BCUT2D eigenvalue weighted by atomic mass is 16.5. The molecule has 1 N–H and O–H groups in total. The Hall–Kier alpha value is -1.55. The van der Waals surface area contributed by atoms with Crippen LogP contribution in [0, 0.1) is 0 Å². The van der Waals surface area contributed by atoms with Crippen molar-refractivity contribution >= 4 is 5.91 Å². The van der Waals surface area contributed by atoms with Crippen LogP contribution in [0.5, 0.6) is 5.75 Å². The first kappa shape index (κ1) is 14.9. The minimum Gasteiger partial charge on any atom is -0.496 e. The Bertz CT molecular complexity index is 465. The van der Waals surface area contributed by atoms with Gasteiger partial charge in [0, 0.05) is 13.2 Å². The second-order valence-corrected chi connectivity index (χ2v) is 5.46. The van der Waals surface area contributed by atoms with Crippen molar-refractivity contribution in [3.63, 3.8) is 0 Å². The topological polar surface area (TPSA) is 47.6 Å². The van der Waals surface area contributed by atoms with Crippen LogP contribution in [0.2, 0.25) is 0 Å². The maximum Gasteiger partial charge on any atom is 0.255 e. The average Bonchev–Trinajstić information content (AvgIpc) is 2.97. The van der Waals surface area contributed by atoms with Gasteiger partial charge in [-0.15, -0.1) is 0 Å². The zero-order valence-corrected chi connectivity index (χ0v) is 12.4. The largest absolute Gasteiger partial charge is 0.496 e. The monoisotopic (exact) mass is 277 g/mol. The predicted octanol–water partition coefficient (Wildman–Crippen LogP) is 2.73. The lowest BCUT2D eigenvalue weighted by molar-refractivity contribution is 0.0855. The van der Waals surface area contributed by atoms with Crippen LogP contribution >= 0.6 is 0 Å². The lowest BCUT2D eigenvalue weighted by Crippen LogP contribution is -2.32. The molecule has 0 radical (unpaired) electrons. The lowest BCUT2D eigenvalue weighted by Gasteiger charge is -2.14. The minimum absolute atomic E-state index is 0.0974. The Labute approximate surface area is 120 Å². The van der Waals surface area contributed by atoms with E-state index in [9.17, 15) is 4.79 Å². The normalized spacial score (nSPS) is 18.3. The second kappa shape index (κ2) is 6.75. The summed E-state index contributed by atoms with van der Waals surface area (Å²) in [4.78, 5) is 12.3. The highest BCUT2D eigenvalue weighted by Gasteiger charge is 2.19. The molecule has 1 aliphatic rings. The standard InChI is InChI=1S/C16H23NO3/c1-11(2)12-6-7-15(19-3)14(9-12)16(18)17-10-13-5-4-8-20-13/h6-7,9,11,13H,4-5,8,10H2,1-3H3,(H,17,18). The fourth-order valence-electron chi connectivity index (χ4n) is 2.37. The van der Waals surface area contributed by atoms with E-state index < -0.39 is 0 Å². The Morgan fingerprint density at radius 1 is 1.50 bits per heavy atom. The maximum atomic E-state index is 12.3. The Morgan fingerprint density at radius 2 is 2.30 bits per heavy atom. The number of carbonyl (C=O) groups is 1. The molecule has 2 rings (SSSR count). The summed E-state index contributed by atoms with van der Waals surface area (Å²) in [5.74, 6) is 0.893. The SMILES string of the molecule is COc1ccc(C(C)C)cc1C(=O)NCC1CCCO1. The van der Waals surface area contributed by atoms with Crippen LogP contribution < -0.4 is 10.1 Å². The van der Waals surface area contributed by atoms with Crippen molar-refractivity contribution in [2.45, 2.75) is 38.7 Å². The first-order chi connectivity index (χ1) is 9.61. The summed E-state index contributed by atoms with van der Waals surface area (Å²) in [5, 5.41) is 2.94. The zero-order valence-electron chi connectivity index (χ0n) is 12.4. The van der Waals surface area contributed by atoms with E-state index in [2.05, 4.69) is 19.2 Å². The van der Waals surface area contributed by atoms with Gasteiger partial charge in [0.15, 0.2) is 0 Å². The van der Waals surface area contributed by atoms with Gasteiger partial charge in [-0.05, 0) is 36.5 Å². The van der Waals surface area contributed by atoms with E-state index >= 15 is 0 Å². The summed E-state index contributed by atoms with van der Waals surface area (Å²) < 4.78 is 10.8. The third kappa shape index (κ3) is 3.51. The molecule has 1 fully saturated rings. The zero-order chi connectivity index (χ0) is 14.5. The van der Waals surface area contributed by atoms with E-state index in [0.29, 0.717) is 23.8 Å². The fourth-order valence-corrected chi connectivity index (χ4v) is 2.37. The number of benzene rings is 1. The third-order valence-corrected chi connectivity index (χ3v) is 3.65. The number of carbonyl (C=O) groups excluding carboxylic acids is 1. The van der Waals surface area contributed by atoms with Gasteiger partial charge in [-0.3, -0.25) is 4.79 Å². The molecule has 0 aromatic heterocycles. The van der Waals surface area contributed by atoms with Gasteiger partial charge >= 0.3 is 0 Å². The highest BCUT2D eigenvalue weighted by Crippen LogP contribution is 2.24. The van der Waals surface area contributed by atoms with Crippen molar-refractivity contribution in [2.75, 3.05) is 20.3 Å². The molecular formula is C16H23NO3. The summed E-state index contributed by atoms with van der Waals surface area (Å²) in [6.45, 7) is 5.58. The number of amides is 1. The molecule has 1 saturated heterocycles. The van der Waals surface area contributed by atoms with Gasteiger partial charge in [-0.1, -0.05) is 19.9 Å². The maximum absolute atomic E-state index is 12.3. The van der Waals surface area contributed by atoms with Gasteiger partial charge in [0.1, 0.15) is 5.75 Å². The molecule has 1 atom stereocenters. The summed E-state index contributed by atoms with van der Waals surface area (Å²) >= 11 is 0. The second-order valence-electron chi connectivity index (χ2n) is 5.46. The molecular weight excluding hydrogens is 254 g/mol. The lowest BCUT2D eigenvalue weighted by atomic mass is 10.00. The van der Waals surface area contributed by atoms with Crippen molar-refractivity contribution < 1.29 is 14.3 Å². The molecule has 1 heterocycles. The van der Waals surface area contributed by atoms with Gasteiger partial charge in [0.2, 0.25) is 0 Å². The molecule has 1 aliphatic heterocycles. The first-order valence-electron chi connectivity index (χ1n) is 7.19. The van der Waals surface area contributed by atoms with E-state index in [1.807, 2.05) is 18.2 Å². The molecule has 0 spiro atoms. The van der Waals surface area contributed by atoms with Crippen molar-refractivity contribution in [3.05, 3.63) is 29.3 Å². The molecule has 1 aromatic carbocycles. The van der Waals surface area contributed by atoms with Crippen LogP contribution in [0.1, 0.15) is 48.5 Å². The van der Waals surface area contributed by atoms with E-state index in [0.717, 1.165) is 25.0 Å². The molecule has 0 saturated carbocycles. The third-order valence-electron chi connectivity index (χ3n) is 3.65. The number of rotatable bonds is 5. The highest BCUT2D eigenvalue weighted by molar-refractivity contribution is 5.97. The van der Waals surface area contributed by atoms with E-state index in [1.165, 1.54) is 0 Å². The molecule has 0 bridgehead atoms. The minimum atomic E-state index is -0.0974. The van der Waals surface area contributed by atoms with Crippen molar-refractivity contribution in [1.29, 1.82) is 0 Å². The summed E-state index contributed by atoms with van der Waals surface area (Å²) in [7, 11) is 1.58. The smallest absolute Gasteiger partial charge is 0.255 e. The number of methoxy groups -OCH3 is 1. The number of hydrogen-bond acceptors (Lipinski definition) is 3. The Morgan fingerprint density at radius 3 is 2.90 bits per heavy atom. The molecule has 20 heavy (non-hydrogen) atoms. The molecule has 1 amide bonds. The van der Waals surface area contributed by atoms with Gasteiger partial charge in [0.05, 0.1) is 18.8 Å². The Balaban J connectivity index is 2.08. The van der Waals surface area contributed by atoms with Gasteiger partial charge in [-0.2, -0.15) is 0 Å². The van der Waals surface area contributed by atoms with Gasteiger partial charge in [0.25, 0.3) is 5.91 Å². The van der Waals surface area contributed by atoms with Gasteiger partial charge in [-0.25, -0.2) is 0 Å². The fraction of sp³-hybridized carbons (Fsp3) is 0.562. The molecule has 4 nitrogen and oxygen atoms in total. The van der Waals surface area contributed by atoms with Crippen molar-refractivity contribution in [3.8, 4) is 5.75 Å². The molecule has 1 unspecified atom stereocenters. The van der Waals surface area contributed by atoms with Crippen LogP contribution in [0.4, 0.5) is 0 Å². The molecule has 0 aliphatic carbocycles. The summed E-state index contributed by atoms with van der Waals surface area (Å²) in [6, 6.07) is 5.77. The van der Waals surface area contributed by atoms with Gasteiger partial charge < -0.3 is 14.8 Å². The van der Waals surface area contributed by atoms with Crippen LogP contribution in [0.25, 0.3) is 0 Å². The molecule has 1 aromatic rings. The number of ether oxygens (including phenoxy) is 2.